The Kier molecular flexibility index (Phi) is 6.86. The first kappa shape index (κ1) is 24.4. The normalized spacial score (nSPS) is 15.7. The Balaban J connectivity index is 1.58. The molecule has 3 aromatic carbocycles. The van der Waals surface area contributed by atoms with Gasteiger partial charge >= 0.3 is 6.03 Å². The zero-order valence-electron chi connectivity index (χ0n) is 21.2. The number of rotatable bonds is 7. The Morgan fingerprint density at radius 3 is 2.24 bits per heavy atom. The molecular weight excluding hydrogens is 467 g/mol. The van der Waals surface area contributed by atoms with Crippen LogP contribution in [0.1, 0.15) is 55.0 Å². The first-order valence-electron chi connectivity index (χ1n) is 12.5. The van der Waals surface area contributed by atoms with Crippen LogP contribution in [0, 0.1) is 5.82 Å². The molecule has 2 amide bonds. The van der Waals surface area contributed by atoms with Gasteiger partial charge < -0.3 is 9.84 Å². The molecule has 0 radical (unpaired) electrons. The fourth-order valence-electron chi connectivity index (χ4n) is 4.58. The predicted octanol–water partition coefficient (Wildman–Crippen LogP) is 6.70. The topological polar surface area (TPSA) is 71.3 Å². The molecule has 6 nitrogen and oxygen atoms in total. The van der Waals surface area contributed by atoms with Crippen LogP contribution in [0.3, 0.4) is 0 Å². The summed E-state index contributed by atoms with van der Waals surface area (Å²) in [6, 6.07) is 21.8. The van der Waals surface area contributed by atoms with Crippen LogP contribution in [-0.4, -0.2) is 21.1 Å². The van der Waals surface area contributed by atoms with E-state index >= 15 is 0 Å². The van der Waals surface area contributed by atoms with E-state index in [2.05, 4.69) is 36.5 Å². The molecule has 1 aliphatic heterocycles. The molecule has 4 aromatic rings. The van der Waals surface area contributed by atoms with E-state index in [4.69, 9.17) is 9.51 Å². The van der Waals surface area contributed by atoms with Crippen molar-refractivity contribution in [2.24, 2.45) is 0 Å². The second kappa shape index (κ2) is 10.4. The van der Waals surface area contributed by atoms with Crippen molar-refractivity contribution < 1.29 is 13.7 Å². The Labute approximate surface area is 215 Å². The van der Waals surface area contributed by atoms with Crippen LogP contribution in [0.15, 0.2) is 83.0 Å². The summed E-state index contributed by atoms with van der Waals surface area (Å²) < 4.78 is 20.2. The lowest BCUT2D eigenvalue weighted by Crippen LogP contribution is -2.45. The number of nitrogens with one attached hydrogen (secondary N) is 1. The van der Waals surface area contributed by atoms with Gasteiger partial charge in [-0.1, -0.05) is 85.7 Å². The fourth-order valence-corrected chi connectivity index (χ4v) is 4.58. The zero-order chi connectivity index (χ0) is 25.9. The van der Waals surface area contributed by atoms with Gasteiger partial charge in [-0.25, -0.2) is 9.18 Å². The van der Waals surface area contributed by atoms with Crippen LogP contribution >= 0.6 is 0 Å². The summed E-state index contributed by atoms with van der Waals surface area (Å²) in [6.45, 7) is 6.12. The molecule has 0 fully saturated rings. The number of halogens is 1. The SMILES string of the molecule is CCc1ccc(-c2noc(C3=C(C)N(Cc4ccccc4F)C(=O)NC3c3ccc(CC)cc3)n2)cc1. The fraction of sp³-hybridized carbons (Fsp3) is 0.233. The van der Waals surface area contributed by atoms with E-state index in [9.17, 15) is 9.18 Å². The minimum absolute atomic E-state index is 0.0782. The third-order valence-corrected chi connectivity index (χ3v) is 6.88. The molecule has 37 heavy (non-hydrogen) atoms. The molecule has 7 heteroatoms. The van der Waals surface area contributed by atoms with Gasteiger partial charge in [0.1, 0.15) is 5.82 Å². The highest BCUT2D eigenvalue weighted by Gasteiger charge is 2.36. The molecule has 0 bridgehead atoms. The summed E-state index contributed by atoms with van der Waals surface area (Å²) in [7, 11) is 0. The summed E-state index contributed by atoms with van der Waals surface area (Å²) in [6.07, 6.45) is 1.86. The highest BCUT2D eigenvalue weighted by molar-refractivity contribution is 5.86. The maximum Gasteiger partial charge on any atom is 0.322 e. The highest BCUT2D eigenvalue weighted by Crippen LogP contribution is 2.38. The lowest BCUT2D eigenvalue weighted by atomic mass is 9.93. The zero-order valence-corrected chi connectivity index (χ0v) is 21.2. The number of hydrogen-bond donors (Lipinski definition) is 1. The van der Waals surface area contributed by atoms with Crippen molar-refractivity contribution in [1.29, 1.82) is 0 Å². The van der Waals surface area contributed by atoms with E-state index in [1.165, 1.54) is 22.1 Å². The molecule has 1 unspecified atom stereocenters. The van der Waals surface area contributed by atoms with Crippen LogP contribution in [0.25, 0.3) is 17.0 Å². The predicted molar refractivity (Wildman–Crippen MR) is 141 cm³/mol. The van der Waals surface area contributed by atoms with Crippen molar-refractivity contribution in [3.8, 4) is 11.4 Å². The van der Waals surface area contributed by atoms with Crippen LogP contribution in [-0.2, 0) is 19.4 Å². The lowest BCUT2D eigenvalue weighted by molar-refractivity contribution is 0.202. The molecule has 1 N–H and O–H groups in total. The molecule has 0 aliphatic carbocycles. The minimum atomic E-state index is -0.494. The second-order valence-corrected chi connectivity index (χ2v) is 9.13. The smallest absolute Gasteiger partial charge is 0.322 e. The average molecular weight is 497 g/mol. The highest BCUT2D eigenvalue weighted by atomic mass is 19.1. The van der Waals surface area contributed by atoms with Gasteiger partial charge in [-0.05, 0) is 42.5 Å². The van der Waals surface area contributed by atoms with Crippen LogP contribution in [0.2, 0.25) is 0 Å². The van der Waals surface area contributed by atoms with Crippen LogP contribution < -0.4 is 5.32 Å². The minimum Gasteiger partial charge on any atom is -0.334 e. The van der Waals surface area contributed by atoms with Gasteiger partial charge in [0.05, 0.1) is 18.2 Å². The van der Waals surface area contributed by atoms with Crippen molar-refractivity contribution in [1.82, 2.24) is 20.4 Å². The number of hydrogen-bond acceptors (Lipinski definition) is 4. The quantitative estimate of drug-likeness (QED) is 0.309. The molecule has 1 aromatic heterocycles. The Morgan fingerprint density at radius 1 is 0.946 bits per heavy atom. The molecule has 0 spiro atoms. The third kappa shape index (κ3) is 4.89. The monoisotopic (exact) mass is 496 g/mol. The summed E-state index contributed by atoms with van der Waals surface area (Å²) >= 11 is 0. The van der Waals surface area contributed by atoms with E-state index in [1.54, 1.807) is 18.2 Å². The van der Waals surface area contributed by atoms with Crippen molar-refractivity contribution in [3.05, 3.63) is 112 Å². The molecule has 0 saturated carbocycles. The van der Waals surface area contributed by atoms with Gasteiger partial charge in [-0.15, -0.1) is 0 Å². The van der Waals surface area contributed by atoms with Gasteiger partial charge in [0.2, 0.25) is 5.82 Å². The summed E-state index contributed by atoms with van der Waals surface area (Å²) in [5.41, 5.74) is 5.90. The number of urea groups is 1. The maximum absolute atomic E-state index is 14.5. The number of aryl methyl sites for hydroxylation is 2. The van der Waals surface area contributed by atoms with E-state index in [0.29, 0.717) is 28.5 Å². The van der Waals surface area contributed by atoms with Crippen LogP contribution in [0.5, 0.6) is 0 Å². The Hall–Kier alpha value is -4.26. The Morgan fingerprint density at radius 2 is 1.59 bits per heavy atom. The number of nitrogens with zero attached hydrogens (tertiary/aromatic N) is 3. The third-order valence-electron chi connectivity index (χ3n) is 6.88. The number of aromatic nitrogens is 2. The first-order chi connectivity index (χ1) is 18.0. The molecule has 1 aliphatic rings. The van der Waals surface area contributed by atoms with Gasteiger partial charge in [0.15, 0.2) is 0 Å². The molecule has 0 saturated heterocycles. The van der Waals surface area contributed by atoms with Crippen LogP contribution in [0.4, 0.5) is 9.18 Å². The molecule has 1 atom stereocenters. The van der Waals surface area contributed by atoms with E-state index in [1.807, 2.05) is 43.3 Å². The van der Waals surface area contributed by atoms with Crippen molar-refractivity contribution in [2.75, 3.05) is 0 Å². The first-order valence-corrected chi connectivity index (χ1v) is 12.5. The van der Waals surface area contributed by atoms with E-state index in [0.717, 1.165) is 24.0 Å². The molecule has 2 heterocycles. The Bertz CT molecular complexity index is 1440. The number of amides is 2. The molecular formula is C30H29FN4O2. The number of allylic oxidation sites excluding steroid dienone is 1. The van der Waals surface area contributed by atoms with Gasteiger partial charge in [0, 0.05) is 16.8 Å². The van der Waals surface area contributed by atoms with Gasteiger partial charge in [0.25, 0.3) is 5.89 Å². The van der Waals surface area contributed by atoms with Crippen molar-refractivity contribution in [2.45, 2.75) is 46.2 Å². The second-order valence-electron chi connectivity index (χ2n) is 9.13. The van der Waals surface area contributed by atoms with Gasteiger partial charge in [-0.2, -0.15) is 4.98 Å². The molecule has 5 rings (SSSR count). The summed E-state index contributed by atoms with van der Waals surface area (Å²) in [4.78, 5) is 19.5. The lowest BCUT2D eigenvalue weighted by Gasteiger charge is -2.35. The largest absolute Gasteiger partial charge is 0.334 e. The standard InChI is InChI=1S/C30H29FN4O2/c1-4-20-10-14-22(15-11-20)27-26(29-33-28(34-37-29)23-16-12-21(5-2)13-17-23)19(3)35(30(36)32-27)18-24-8-6-7-9-25(24)31/h6-17,27H,4-5,18H2,1-3H3,(H,32,36). The molecule has 188 valence electrons. The average Bonchev–Trinajstić information content (AvgIpc) is 3.41. The van der Waals surface area contributed by atoms with Crippen molar-refractivity contribution >= 4 is 11.6 Å². The van der Waals surface area contributed by atoms with Gasteiger partial charge in [-0.3, -0.25) is 4.90 Å². The number of carbonyl (C=O) groups is 1. The number of benzene rings is 3. The van der Waals surface area contributed by atoms with Crippen molar-refractivity contribution in [3.63, 3.8) is 0 Å². The summed E-state index contributed by atoms with van der Waals surface area (Å²) in [5.74, 6) is 0.420. The number of carbonyl (C=O) groups excluding carboxylic acids is 1. The van der Waals surface area contributed by atoms with E-state index in [-0.39, 0.29) is 18.4 Å². The van der Waals surface area contributed by atoms with E-state index < -0.39 is 6.04 Å². The maximum atomic E-state index is 14.5. The summed E-state index contributed by atoms with van der Waals surface area (Å²) in [5, 5.41) is 7.32.